The van der Waals surface area contributed by atoms with Crippen molar-refractivity contribution in [3.63, 3.8) is 0 Å². The molecule has 1 unspecified atom stereocenters. The Bertz CT molecular complexity index is 1280. The molecule has 9 heteroatoms. The molecule has 3 heterocycles. The second-order valence-corrected chi connectivity index (χ2v) is 8.98. The van der Waals surface area contributed by atoms with Gasteiger partial charge in [-0.15, -0.1) is 0 Å². The van der Waals surface area contributed by atoms with Crippen molar-refractivity contribution in [1.29, 1.82) is 0 Å². The third kappa shape index (κ3) is 3.57. The number of benzene rings is 1. The Balaban J connectivity index is 1.69. The van der Waals surface area contributed by atoms with Crippen molar-refractivity contribution in [3.8, 4) is 17.0 Å². The fraction of sp³-hybridized carbons (Fsp3) is 0.360. The monoisotopic (exact) mass is 461 g/mol. The first-order chi connectivity index (χ1) is 16.3. The van der Waals surface area contributed by atoms with Gasteiger partial charge >= 0.3 is 6.09 Å². The number of carboxylic acid groups (broad SMARTS) is 1. The number of nitrogens with zero attached hydrogens (tertiary/aromatic N) is 5. The number of hydrogen-bond acceptors (Lipinski definition) is 5. The summed E-state index contributed by atoms with van der Waals surface area (Å²) >= 11 is 0. The number of carbonyl (C=O) groups is 2. The Hall–Kier alpha value is -3.88. The molecule has 0 bridgehead atoms. The van der Waals surface area contributed by atoms with Gasteiger partial charge in [-0.2, -0.15) is 5.10 Å². The molecule has 2 aromatic heterocycles. The summed E-state index contributed by atoms with van der Waals surface area (Å²) in [4.78, 5) is 32.8. The molecule has 0 saturated heterocycles. The maximum Gasteiger partial charge on any atom is 0.412 e. The number of aryl methyl sites for hydroxylation is 1. The molecule has 34 heavy (non-hydrogen) atoms. The molecular formula is C25H27N5O4. The van der Waals surface area contributed by atoms with Crippen molar-refractivity contribution in [2.24, 2.45) is 0 Å². The van der Waals surface area contributed by atoms with Crippen molar-refractivity contribution < 1.29 is 19.4 Å². The molecule has 176 valence electrons. The molecule has 1 aliphatic carbocycles. The molecule has 0 radical (unpaired) electrons. The van der Waals surface area contributed by atoms with Gasteiger partial charge in [-0.3, -0.25) is 14.4 Å². The van der Waals surface area contributed by atoms with Crippen molar-refractivity contribution in [2.75, 3.05) is 16.9 Å². The van der Waals surface area contributed by atoms with Crippen LogP contribution >= 0.6 is 0 Å². The van der Waals surface area contributed by atoms with Crippen LogP contribution in [0.2, 0.25) is 0 Å². The van der Waals surface area contributed by atoms with E-state index in [9.17, 15) is 14.7 Å². The maximum absolute atomic E-state index is 12.8. The number of rotatable bonds is 4. The fourth-order valence-corrected chi connectivity index (χ4v) is 4.89. The Kier molecular flexibility index (Phi) is 5.27. The predicted molar refractivity (Wildman–Crippen MR) is 127 cm³/mol. The quantitative estimate of drug-likeness (QED) is 0.610. The van der Waals surface area contributed by atoms with Crippen LogP contribution in [0.15, 0.2) is 42.9 Å². The van der Waals surface area contributed by atoms with Crippen LogP contribution in [0.4, 0.5) is 16.2 Å². The first-order valence-corrected chi connectivity index (χ1v) is 11.3. The normalized spacial score (nSPS) is 19.6. The van der Waals surface area contributed by atoms with Gasteiger partial charge in [0.1, 0.15) is 0 Å². The number of fused-ring (bicyclic) bond motifs is 1. The second kappa shape index (κ2) is 8.16. The minimum Gasteiger partial charge on any atom is -0.481 e. The third-order valence-corrected chi connectivity index (χ3v) is 6.57. The molecule has 1 N–H and O–H groups in total. The number of anilines is 2. The van der Waals surface area contributed by atoms with E-state index in [1.807, 2.05) is 49.0 Å². The standard InChI is InChI=1S/C25H27N5O4/c1-14-9-20(24(34-4)26-11-14)23-15(2)29(16(3)31)21-8-5-17(10-22(21)30(23)25(32)33)18-12-27-28(13-18)19-6-7-19/h5,8-13,15,19,23H,6-7H2,1-4H3,(H,32,33)/t15-,23?/m0/s1. The Morgan fingerprint density at radius 1 is 1.09 bits per heavy atom. The average molecular weight is 462 g/mol. The smallest absolute Gasteiger partial charge is 0.412 e. The number of ether oxygens (including phenoxy) is 1. The zero-order valence-electron chi connectivity index (χ0n) is 19.6. The van der Waals surface area contributed by atoms with Gasteiger partial charge in [-0.05, 0) is 56.0 Å². The summed E-state index contributed by atoms with van der Waals surface area (Å²) in [7, 11) is 1.51. The first kappa shape index (κ1) is 21.9. The minimum absolute atomic E-state index is 0.169. The summed E-state index contributed by atoms with van der Waals surface area (Å²) < 4.78 is 7.45. The zero-order valence-corrected chi connectivity index (χ0v) is 19.6. The maximum atomic E-state index is 12.8. The number of amides is 2. The van der Waals surface area contributed by atoms with Crippen molar-refractivity contribution in [3.05, 3.63) is 54.0 Å². The molecule has 1 saturated carbocycles. The van der Waals surface area contributed by atoms with Crippen LogP contribution < -0.4 is 14.5 Å². The molecule has 0 spiro atoms. The average Bonchev–Trinajstić information content (AvgIpc) is 3.54. The van der Waals surface area contributed by atoms with Crippen LogP contribution in [0.3, 0.4) is 0 Å². The first-order valence-electron chi connectivity index (χ1n) is 11.3. The molecular weight excluding hydrogens is 434 g/mol. The number of carbonyl (C=O) groups excluding carboxylic acids is 1. The molecule has 2 atom stereocenters. The van der Waals surface area contributed by atoms with Crippen LogP contribution in [0.25, 0.3) is 11.1 Å². The highest BCUT2D eigenvalue weighted by molar-refractivity contribution is 6.03. The van der Waals surface area contributed by atoms with Crippen LogP contribution in [-0.2, 0) is 4.79 Å². The lowest BCUT2D eigenvalue weighted by molar-refractivity contribution is -0.117. The lowest BCUT2D eigenvalue weighted by atomic mass is 9.92. The van der Waals surface area contributed by atoms with E-state index in [4.69, 9.17) is 4.74 Å². The highest BCUT2D eigenvalue weighted by Gasteiger charge is 2.44. The SMILES string of the molecule is COc1ncc(C)cc1C1[C@H](C)N(C(C)=O)c2ccc(-c3cnn(C4CC4)c3)cc2N1C(=O)O. The van der Waals surface area contributed by atoms with E-state index >= 15 is 0 Å². The number of hydrogen-bond donors (Lipinski definition) is 1. The number of methoxy groups -OCH3 is 1. The molecule has 3 aromatic rings. The van der Waals surface area contributed by atoms with E-state index in [0.29, 0.717) is 28.9 Å². The third-order valence-electron chi connectivity index (χ3n) is 6.57. The van der Waals surface area contributed by atoms with Gasteiger partial charge in [0.25, 0.3) is 0 Å². The van der Waals surface area contributed by atoms with Crippen LogP contribution in [-0.4, -0.2) is 45.0 Å². The van der Waals surface area contributed by atoms with Gasteiger partial charge in [0.2, 0.25) is 11.8 Å². The summed E-state index contributed by atoms with van der Waals surface area (Å²) in [6, 6.07) is 6.67. The highest BCUT2D eigenvalue weighted by atomic mass is 16.5. The van der Waals surface area contributed by atoms with Gasteiger partial charge in [0.15, 0.2) is 0 Å². The van der Waals surface area contributed by atoms with Crippen molar-refractivity contribution in [2.45, 2.75) is 51.7 Å². The molecule has 2 amide bonds. The van der Waals surface area contributed by atoms with Gasteiger partial charge < -0.3 is 14.7 Å². The van der Waals surface area contributed by atoms with Crippen molar-refractivity contribution >= 4 is 23.4 Å². The van der Waals surface area contributed by atoms with Crippen molar-refractivity contribution in [1.82, 2.24) is 14.8 Å². The summed E-state index contributed by atoms with van der Waals surface area (Å²) in [6.45, 7) is 5.23. The summed E-state index contributed by atoms with van der Waals surface area (Å²) in [5.41, 5.74) is 4.21. The van der Waals surface area contributed by atoms with E-state index in [1.165, 1.54) is 18.9 Å². The van der Waals surface area contributed by atoms with Crippen LogP contribution in [0.1, 0.15) is 49.9 Å². The van der Waals surface area contributed by atoms with E-state index in [0.717, 1.165) is 29.5 Å². The van der Waals surface area contributed by atoms with E-state index in [1.54, 1.807) is 17.3 Å². The largest absolute Gasteiger partial charge is 0.481 e. The lowest BCUT2D eigenvalue weighted by Gasteiger charge is -2.46. The molecule has 1 aliphatic heterocycles. The number of aromatic nitrogens is 3. The zero-order chi connectivity index (χ0) is 24.1. The van der Waals surface area contributed by atoms with Gasteiger partial charge in [-0.25, -0.2) is 9.78 Å². The van der Waals surface area contributed by atoms with Crippen LogP contribution in [0, 0.1) is 6.92 Å². The Labute approximate surface area is 197 Å². The summed E-state index contributed by atoms with van der Waals surface area (Å²) in [5, 5.41) is 14.9. The molecule has 1 aromatic carbocycles. The topological polar surface area (TPSA) is 101 Å². The predicted octanol–water partition coefficient (Wildman–Crippen LogP) is 4.58. The fourth-order valence-electron chi connectivity index (χ4n) is 4.89. The van der Waals surface area contributed by atoms with E-state index in [2.05, 4.69) is 10.1 Å². The Morgan fingerprint density at radius 2 is 1.85 bits per heavy atom. The van der Waals surface area contributed by atoms with E-state index < -0.39 is 18.2 Å². The van der Waals surface area contributed by atoms with Gasteiger partial charge in [-0.1, -0.05) is 6.07 Å². The lowest BCUT2D eigenvalue weighted by Crippen LogP contribution is -2.53. The minimum atomic E-state index is -1.12. The molecule has 1 fully saturated rings. The molecule has 2 aliphatic rings. The summed E-state index contributed by atoms with van der Waals surface area (Å²) in [5.74, 6) is 0.167. The molecule has 9 nitrogen and oxygen atoms in total. The number of pyridine rings is 1. The Morgan fingerprint density at radius 3 is 2.50 bits per heavy atom. The van der Waals surface area contributed by atoms with E-state index in [-0.39, 0.29) is 5.91 Å². The highest BCUT2D eigenvalue weighted by Crippen LogP contribution is 2.47. The summed E-state index contributed by atoms with van der Waals surface area (Å²) in [6.07, 6.45) is 6.59. The van der Waals surface area contributed by atoms with Crippen LogP contribution in [0.5, 0.6) is 5.88 Å². The second-order valence-electron chi connectivity index (χ2n) is 8.98. The molecule has 5 rings (SSSR count). The van der Waals surface area contributed by atoms with Gasteiger partial charge in [0.05, 0.1) is 42.8 Å². The van der Waals surface area contributed by atoms with Gasteiger partial charge in [0, 0.05) is 30.4 Å².